The summed E-state index contributed by atoms with van der Waals surface area (Å²) in [4.78, 5) is 12.8. The lowest BCUT2D eigenvalue weighted by atomic mass is 9.51. The molecule has 33 heavy (non-hydrogen) atoms. The molecule has 2 saturated carbocycles. The quantitative estimate of drug-likeness (QED) is 0.315. The van der Waals surface area contributed by atoms with E-state index in [1.165, 1.54) is 5.56 Å². The van der Waals surface area contributed by atoms with E-state index < -0.39 is 11.6 Å². The molecule has 2 aromatic carbocycles. The molecule has 0 saturated heterocycles. The molecule has 3 aliphatic carbocycles. The van der Waals surface area contributed by atoms with Crippen molar-refractivity contribution in [3.05, 3.63) is 65.2 Å². The van der Waals surface area contributed by atoms with Crippen LogP contribution in [0.2, 0.25) is 0 Å². The zero-order valence-electron chi connectivity index (χ0n) is 19.4. The molecule has 3 aliphatic rings. The van der Waals surface area contributed by atoms with Crippen LogP contribution in [0.4, 0.5) is 4.39 Å². The van der Waals surface area contributed by atoms with Gasteiger partial charge in [-0.1, -0.05) is 49.7 Å². The molecule has 6 atom stereocenters. The molecule has 176 valence electrons. The van der Waals surface area contributed by atoms with Crippen molar-refractivity contribution in [2.45, 2.75) is 70.6 Å². The van der Waals surface area contributed by atoms with Gasteiger partial charge in [0.1, 0.15) is 24.3 Å². The monoisotopic (exact) mass is 468 g/mol. The molecular formula is C29H34ClFO2. The average Bonchev–Trinajstić information content (AvgIpc) is 3.11. The maximum Gasteiger partial charge on any atom is 0.139 e. The van der Waals surface area contributed by atoms with E-state index in [-0.39, 0.29) is 17.6 Å². The molecule has 0 unspecified atom stereocenters. The lowest BCUT2D eigenvalue weighted by Gasteiger charge is -2.53. The minimum absolute atomic E-state index is 0.109. The number of hydrogen-bond acceptors (Lipinski definition) is 2. The zero-order chi connectivity index (χ0) is 23.0. The third-order valence-electron chi connectivity index (χ3n) is 8.73. The fraction of sp³-hybridized carbons (Fsp3) is 0.552. The van der Waals surface area contributed by atoms with Crippen molar-refractivity contribution in [3.8, 4) is 5.75 Å². The number of benzene rings is 2. The molecular weight excluding hydrogens is 435 g/mol. The van der Waals surface area contributed by atoms with Crippen LogP contribution in [0.3, 0.4) is 0 Å². The van der Waals surface area contributed by atoms with Crippen molar-refractivity contribution in [3.63, 3.8) is 0 Å². The van der Waals surface area contributed by atoms with Crippen LogP contribution in [-0.4, -0.2) is 17.8 Å². The van der Waals surface area contributed by atoms with Crippen molar-refractivity contribution < 1.29 is 13.9 Å². The van der Waals surface area contributed by atoms with Gasteiger partial charge in [-0.3, -0.25) is 4.79 Å². The van der Waals surface area contributed by atoms with Crippen molar-refractivity contribution in [1.82, 2.24) is 0 Å². The molecule has 0 aliphatic heterocycles. The van der Waals surface area contributed by atoms with Crippen LogP contribution < -0.4 is 4.74 Å². The number of hydrogen-bond donors (Lipinski definition) is 0. The van der Waals surface area contributed by atoms with Crippen molar-refractivity contribution in [2.75, 3.05) is 5.88 Å². The van der Waals surface area contributed by atoms with Crippen LogP contribution >= 0.6 is 11.6 Å². The Morgan fingerprint density at radius 1 is 1.15 bits per heavy atom. The minimum Gasteiger partial charge on any atom is -0.489 e. The fourth-order valence-corrected chi connectivity index (χ4v) is 7.35. The minimum atomic E-state index is -0.969. The lowest BCUT2D eigenvalue weighted by molar-refractivity contribution is -0.132. The van der Waals surface area contributed by atoms with Crippen molar-refractivity contribution in [2.24, 2.45) is 23.2 Å². The van der Waals surface area contributed by atoms with Crippen LogP contribution in [-0.2, 0) is 17.8 Å². The third kappa shape index (κ3) is 4.22. The molecule has 0 radical (unpaired) electrons. The van der Waals surface area contributed by atoms with E-state index in [0.717, 1.165) is 49.0 Å². The van der Waals surface area contributed by atoms with Gasteiger partial charge in [0, 0.05) is 23.6 Å². The Balaban J connectivity index is 1.44. The van der Waals surface area contributed by atoms with Crippen LogP contribution in [0.15, 0.2) is 48.5 Å². The topological polar surface area (TPSA) is 26.3 Å². The summed E-state index contributed by atoms with van der Waals surface area (Å²) in [7, 11) is 0. The highest BCUT2D eigenvalue weighted by atomic mass is 35.5. The number of halogens is 2. The molecule has 2 fully saturated rings. The molecule has 2 nitrogen and oxygen atoms in total. The number of ketones is 1. The first-order valence-electron chi connectivity index (χ1n) is 12.5. The number of Topliss-reactive ketones (excluding diaryl/α,β-unsaturated/α-hetero) is 1. The Labute approximate surface area is 201 Å². The predicted octanol–water partition coefficient (Wildman–Crippen LogP) is 7.27. The number of ether oxygens (including phenoxy) is 1. The van der Waals surface area contributed by atoms with E-state index in [4.69, 9.17) is 16.3 Å². The van der Waals surface area contributed by atoms with Gasteiger partial charge in [0.05, 0.1) is 0 Å². The number of alkyl halides is 2. The molecule has 2 aromatic rings. The van der Waals surface area contributed by atoms with E-state index in [1.54, 1.807) is 0 Å². The van der Waals surface area contributed by atoms with E-state index in [2.05, 4.69) is 24.3 Å². The van der Waals surface area contributed by atoms with Gasteiger partial charge in [-0.2, -0.15) is 0 Å². The second kappa shape index (κ2) is 9.41. The van der Waals surface area contributed by atoms with Crippen LogP contribution in [0, 0.1) is 23.2 Å². The molecule has 5 rings (SSSR count). The highest BCUT2D eigenvalue weighted by Crippen LogP contribution is 2.62. The fourth-order valence-electron chi connectivity index (χ4n) is 7.16. The number of carbonyl (C=O) groups is 1. The highest BCUT2D eigenvalue weighted by Gasteiger charge is 2.60. The summed E-state index contributed by atoms with van der Waals surface area (Å²) in [5, 5.41) is 0. The first kappa shape index (κ1) is 22.9. The first-order chi connectivity index (χ1) is 16.0. The second-order valence-corrected chi connectivity index (χ2v) is 11.0. The van der Waals surface area contributed by atoms with Crippen molar-refractivity contribution in [1.29, 1.82) is 0 Å². The molecule has 0 bridgehead atoms. The Kier molecular flexibility index (Phi) is 6.53. The van der Waals surface area contributed by atoms with Gasteiger partial charge in [0.25, 0.3) is 0 Å². The number of carbonyl (C=O) groups excluding carboxylic acids is 1. The Morgan fingerprint density at radius 2 is 1.97 bits per heavy atom. The van der Waals surface area contributed by atoms with Crippen molar-refractivity contribution >= 4 is 17.4 Å². The maximum absolute atomic E-state index is 15.9. The van der Waals surface area contributed by atoms with Gasteiger partial charge >= 0.3 is 0 Å². The van der Waals surface area contributed by atoms with Gasteiger partial charge in [0.15, 0.2) is 0 Å². The number of unbranched alkanes of at least 4 members (excludes halogenated alkanes) is 1. The predicted molar refractivity (Wildman–Crippen MR) is 131 cm³/mol. The highest BCUT2D eigenvalue weighted by molar-refractivity contribution is 6.17. The zero-order valence-corrected chi connectivity index (χ0v) is 20.2. The standard InChI is InChI=1S/C29H34ClFO2/c1-29-17-25(31)28-23-11-10-22(33-18-19-7-3-2-4-8-19)16-21(23)15-20(9-5-6-14-30)27(28)24(29)12-13-26(29)32/h2-4,7-8,10-11,16,20,24-25,27-28H,5-6,9,12-15,17-18H2,1H3/t20-,24+,25+,27+,28+,29+/m1/s1. The van der Waals surface area contributed by atoms with Crippen LogP contribution in [0.1, 0.15) is 68.1 Å². The molecule has 0 N–H and O–H groups in total. The molecule has 0 amide bonds. The third-order valence-corrected chi connectivity index (χ3v) is 9.00. The SMILES string of the molecule is C[C@]12C[C@H](F)[C@@H]3c4ccc(OCc5ccccc5)cc4C[C@@H](CCCCCl)[C@H]3[C@@H]1CCC2=O. The number of fused-ring (bicyclic) bond motifs is 5. The maximum atomic E-state index is 15.9. The van der Waals surface area contributed by atoms with Gasteiger partial charge in [0.2, 0.25) is 0 Å². The summed E-state index contributed by atoms with van der Waals surface area (Å²) >= 11 is 5.98. The molecule has 4 heteroatoms. The van der Waals surface area contributed by atoms with Gasteiger partial charge in [-0.25, -0.2) is 4.39 Å². The van der Waals surface area contributed by atoms with E-state index in [0.29, 0.717) is 37.2 Å². The molecule has 0 spiro atoms. The lowest BCUT2D eigenvalue weighted by Crippen LogP contribution is -2.50. The normalized spacial score (nSPS) is 32.7. The molecule has 0 aromatic heterocycles. The summed E-state index contributed by atoms with van der Waals surface area (Å²) in [6.07, 6.45) is 4.98. The van der Waals surface area contributed by atoms with E-state index >= 15 is 4.39 Å². The Morgan fingerprint density at radius 3 is 2.76 bits per heavy atom. The number of rotatable bonds is 7. The smallest absolute Gasteiger partial charge is 0.139 e. The van der Waals surface area contributed by atoms with Gasteiger partial charge in [-0.05, 0) is 78.7 Å². The average molecular weight is 469 g/mol. The summed E-state index contributed by atoms with van der Waals surface area (Å²) in [5.41, 5.74) is 3.03. The largest absolute Gasteiger partial charge is 0.489 e. The molecule has 0 heterocycles. The van der Waals surface area contributed by atoms with Gasteiger partial charge < -0.3 is 4.74 Å². The van der Waals surface area contributed by atoms with E-state index in [1.807, 2.05) is 31.2 Å². The van der Waals surface area contributed by atoms with Gasteiger partial charge in [-0.15, -0.1) is 11.6 Å². The van der Waals surface area contributed by atoms with Crippen LogP contribution in [0.5, 0.6) is 5.75 Å². The van der Waals surface area contributed by atoms with E-state index in [9.17, 15) is 4.79 Å². The first-order valence-corrected chi connectivity index (χ1v) is 13.1. The summed E-state index contributed by atoms with van der Waals surface area (Å²) < 4.78 is 22.0. The summed E-state index contributed by atoms with van der Waals surface area (Å²) in [6.45, 7) is 2.57. The Hall–Kier alpha value is -1.87. The summed E-state index contributed by atoms with van der Waals surface area (Å²) in [5.74, 6) is 2.62. The summed E-state index contributed by atoms with van der Waals surface area (Å²) in [6, 6.07) is 16.4. The van der Waals surface area contributed by atoms with Crippen LogP contribution in [0.25, 0.3) is 0 Å². The Bertz CT molecular complexity index is 992. The second-order valence-electron chi connectivity index (χ2n) is 10.6.